The number of rotatable bonds is 3. The number of aromatic nitrogens is 1. The zero-order chi connectivity index (χ0) is 17.9. The van der Waals surface area contributed by atoms with E-state index in [1.807, 2.05) is 78.9 Å². The summed E-state index contributed by atoms with van der Waals surface area (Å²) < 4.78 is 0. The molecule has 0 atom stereocenters. The summed E-state index contributed by atoms with van der Waals surface area (Å²) in [7, 11) is 0. The van der Waals surface area contributed by atoms with Crippen molar-refractivity contribution in [2.24, 2.45) is 0 Å². The minimum atomic E-state index is -0.254. The molecular formula is C22H15ClN2O. The summed E-state index contributed by atoms with van der Waals surface area (Å²) in [5.74, 6) is -0.254. The first kappa shape index (κ1) is 16.3. The zero-order valence-corrected chi connectivity index (χ0v) is 14.6. The standard InChI is InChI=1S/C22H15ClN2O/c23-19-13-7-6-12-18(19)21-17-11-5-4-8-15(17)14-20(25-21)22(26)24-16-9-2-1-3-10-16/h1-14H,(H,24,26)/i15-1,22-1. The average molecular weight is 357 g/mol. The molecule has 4 heteroatoms. The van der Waals surface area contributed by atoms with Gasteiger partial charge in [0.15, 0.2) is 0 Å². The maximum absolute atomic E-state index is 12.7. The highest BCUT2D eigenvalue weighted by Gasteiger charge is 2.15. The van der Waals surface area contributed by atoms with Crippen molar-refractivity contribution >= 4 is 34.0 Å². The van der Waals surface area contributed by atoms with Gasteiger partial charge in [-0.25, -0.2) is 4.98 Å². The van der Waals surface area contributed by atoms with Gasteiger partial charge in [-0.1, -0.05) is 72.3 Å². The van der Waals surface area contributed by atoms with Crippen LogP contribution in [-0.4, -0.2) is 10.9 Å². The van der Waals surface area contributed by atoms with E-state index in [-0.39, 0.29) is 5.91 Å². The SMILES string of the molecule is O=[11C](Nc1ccccc1)c1c[11c]2ccccc2c(-c2ccccc2Cl)n1. The number of fused-ring (bicyclic) bond motifs is 1. The Hall–Kier alpha value is -3.17. The molecule has 0 aliphatic carbocycles. The second kappa shape index (κ2) is 6.98. The summed E-state index contributed by atoms with van der Waals surface area (Å²) in [4.78, 5) is 17.4. The van der Waals surface area contributed by atoms with Gasteiger partial charge in [0.2, 0.25) is 0 Å². The second-order valence-electron chi connectivity index (χ2n) is 5.88. The minimum Gasteiger partial charge on any atom is -0.321 e. The molecule has 0 fully saturated rings. The van der Waals surface area contributed by atoms with Crippen LogP contribution >= 0.6 is 11.6 Å². The highest BCUT2D eigenvalue weighted by Crippen LogP contribution is 2.32. The van der Waals surface area contributed by atoms with E-state index >= 15 is 0 Å². The number of benzene rings is 3. The van der Waals surface area contributed by atoms with Gasteiger partial charge in [-0.2, -0.15) is 0 Å². The fourth-order valence-corrected chi connectivity index (χ4v) is 3.12. The lowest BCUT2D eigenvalue weighted by Gasteiger charge is -2.11. The van der Waals surface area contributed by atoms with E-state index in [0.29, 0.717) is 16.4 Å². The van der Waals surface area contributed by atoms with Gasteiger partial charge in [0.05, 0.1) is 5.69 Å². The number of para-hydroxylation sites is 1. The van der Waals surface area contributed by atoms with E-state index < -0.39 is 0 Å². The van der Waals surface area contributed by atoms with Gasteiger partial charge in [0.1, 0.15) is 5.69 Å². The average Bonchev–Trinajstić information content (AvgIpc) is 2.68. The van der Waals surface area contributed by atoms with Gasteiger partial charge in [-0.15, -0.1) is 0 Å². The monoisotopic (exact) mass is 356 g/mol. The van der Waals surface area contributed by atoms with E-state index in [0.717, 1.165) is 22.0 Å². The summed E-state index contributed by atoms with van der Waals surface area (Å²) >= 11 is 6.38. The first-order chi connectivity index (χ1) is 12.7. The molecule has 126 valence electrons. The van der Waals surface area contributed by atoms with Crippen LogP contribution in [0.1, 0.15) is 10.5 Å². The number of nitrogens with zero attached hydrogens (tertiary/aromatic N) is 1. The zero-order valence-electron chi connectivity index (χ0n) is 13.8. The topological polar surface area (TPSA) is 42.0 Å². The Morgan fingerprint density at radius 3 is 2.35 bits per heavy atom. The normalized spacial score (nSPS) is 10.7. The van der Waals surface area contributed by atoms with Gasteiger partial charge in [0.25, 0.3) is 5.91 Å². The number of hydrogen-bond acceptors (Lipinski definition) is 2. The minimum absolute atomic E-state index is 0.254. The summed E-state index contributed by atoms with van der Waals surface area (Å²) in [5, 5.41) is 5.38. The van der Waals surface area contributed by atoms with Gasteiger partial charge in [0, 0.05) is 21.7 Å². The second-order valence-corrected chi connectivity index (χ2v) is 6.28. The van der Waals surface area contributed by atoms with Gasteiger partial charge in [-0.05, 0) is 29.7 Å². The van der Waals surface area contributed by atoms with Crippen molar-refractivity contribution in [2.75, 3.05) is 5.32 Å². The number of pyridine rings is 1. The van der Waals surface area contributed by atoms with Crippen LogP contribution < -0.4 is 5.32 Å². The van der Waals surface area contributed by atoms with E-state index in [9.17, 15) is 4.79 Å². The van der Waals surface area contributed by atoms with E-state index in [4.69, 9.17) is 11.6 Å². The van der Waals surface area contributed by atoms with Crippen LogP contribution in [0.3, 0.4) is 0 Å². The Labute approximate surface area is 156 Å². The largest absolute Gasteiger partial charge is 0.321 e. The number of halogens is 1. The number of anilines is 1. The lowest BCUT2D eigenvalue weighted by molar-refractivity contribution is 0.102. The lowest BCUT2D eigenvalue weighted by Crippen LogP contribution is -2.14. The molecule has 4 aromatic rings. The van der Waals surface area contributed by atoms with Gasteiger partial charge >= 0.3 is 0 Å². The smallest absolute Gasteiger partial charge is 0.274 e. The Balaban J connectivity index is 1.84. The summed E-state index contributed by atoms with van der Waals surface area (Å²) in [6.45, 7) is 0. The van der Waals surface area contributed by atoms with Crippen LogP contribution in [-0.2, 0) is 0 Å². The molecule has 0 bridgehead atoms. The van der Waals surface area contributed by atoms with Gasteiger partial charge < -0.3 is 5.32 Å². The molecule has 0 radical (unpaired) electrons. The van der Waals surface area contributed by atoms with Crippen molar-refractivity contribution in [3.63, 3.8) is 0 Å². The van der Waals surface area contributed by atoms with Crippen molar-refractivity contribution in [3.8, 4) is 11.3 Å². The molecule has 1 aromatic heterocycles. The van der Waals surface area contributed by atoms with E-state index in [1.54, 1.807) is 6.07 Å². The third kappa shape index (κ3) is 3.17. The van der Waals surface area contributed by atoms with Gasteiger partial charge in [-0.3, -0.25) is 4.79 Å². The number of nitrogens with one attached hydrogen (secondary N) is 1. The Bertz CT molecular complexity index is 1090. The molecule has 3 aromatic carbocycles. The quantitative estimate of drug-likeness (QED) is 0.503. The van der Waals surface area contributed by atoms with Crippen LogP contribution in [0.2, 0.25) is 5.02 Å². The van der Waals surface area contributed by atoms with Crippen LogP contribution in [0.25, 0.3) is 22.0 Å². The highest BCUT2D eigenvalue weighted by molar-refractivity contribution is 6.33. The maximum Gasteiger partial charge on any atom is 0.274 e. The van der Waals surface area contributed by atoms with Crippen molar-refractivity contribution in [2.45, 2.75) is 0 Å². The van der Waals surface area contributed by atoms with Crippen molar-refractivity contribution < 1.29 is 4.79 Å². The van der Waals surface area contributed by atoms with Crippen molar-refractivity contribution in [3.05, 3.63) is 95.6 Å². The van der Waals surface area contributed by atoms with Crippen LogP contribution in [0.5, 0.6) is 0 Å². The van der Waals surface area contributed by atoms with Crippen molar-refractivity contribution in [1.29, 1.82) is 0 Å². The lowest BCUT2D eigenvalue weighted by atomic mass is 9.74. The summed E-state index contributed by atoms with van der Waals surface area (Å²) in [5.41, 5.74) is 2.58. The summed E-state index contributed by atoms with van der Waals surface area (Å²) in [6, 6.07) is 26.5. The molecule has 1 amide bonds. The van der Waals surface area contributed by atoms with E-state index in [1.165, 1.54) is 0 Å². The third-order valence-electron chi connectivity index (χ3n) is 4.13. The fraction of sp³-hybridized carbons (Fsp3) is 0. The predicted octanol–water partition coefficient (Wildman–Crippen LogP) is 5.81. The third-order valence-corrected chi connectivity index (χ3v) is 4.46. The number of carbonyl (C=O) groups is 1. The number of amides is 1. The highest BCUT2D eigenvalue weighted by atomic mass is 35.5. The molecule has 0 spiro atoms. The fourth-order valence-electron chi connectivity index (χ4n) is 2.89. The first-order valence-corrected chi connectivity index (χ1v) is 8.61. The molecule has 4 rings (SSSR count). The molecule has 1 N–H and O–H groups in total. The molecular weight excluding hydrogens is 342 g/mol. The Morgan fingerprint density at radius 2 is 1.54 bits per heavy atom. The van der Waals surface area contributed by atoms with Crippen LogP contribution in [0.15, 0.2) is 84.9 Å². The Kier molecular flexibility index (Phi) is 4.38. The summed E-state index contributed by atoms with van der Waals surface area (Å²) in [6.07, 6.45) is 0. The predicted molar refractivity (Wildman–Crippen MR) is 107 cm³/mol. The molecule has 0 saturated carbocycles. The molecule has 1 heterocycles. The molecule has 0 aliphatic rings. The molecule has 26 heavy (non-hydrogen) atoms. The Morgan fingerprint density at radius 1 is 0.846 bits per heavy atom. The van der Waals surface area contributed by atoms with Crippen LogP contribution in [0, 0.1) is 0 Å². The molecule has 0 aliphatic heterocycles. The molecule has 0 saturated heterocycles. The number of hydrogen-bond donors (Lipinski definition) is 1. The van der Waals surface area contributed by atoms with Crippen molar-refractivity contribution in [1.82, 2.24) is 4.98 Å². The van der Waals surface area contributed by atoms with E-state index in [2.05, 4.69) is 10.3 Å². The molecule has 3 nitrogen and oxygen atoms in total. The van der Waals surface area contributed by atoms with Crippen LogP contribution in [0.4, 0.5) is 5.69 Å². The first-order valence-electron chi connectivity index (χ1n) is 8.23. The maximum atomic E-state index is 12.7. The molecule has 0 unspecified atom stereocenters. The number of carbonyl (C=O) groups excluding carboxylic acids is 1.